The lowest BCUT2D eigenvalue weighted by molar-refractivity contribution is 0.159. The van der Waals surface area contributed by atoms with Crippen molar-refractivity contribution in [3.05, 3.63) is 18.3 Å². The molecule has 1 aliphatic rings. The Hall–Kier alpha value is -1.18. The van der Waals surface area contributed by atoms with Crippen LogP contribution in [0.2, 0.25) is 0 Å². The van der Waals surface area contributed by atoms with E-state index >= 15 is 0 Å². The number of piperazine rings is 1. The Balaban J connectivity index is 2.31. The zero-order valence-corrected chi connectivity index (χ0v) is 13.0. The maximum atomic E-state index is 12.7. The molecule has 1 aliphatic heterocycles. The number of anilines is 1. The van der Waals surface area contributed by atoms with Crippen molar-refractivity contribution in [2.75, 3.05) is 38.5 Å². The summed E-state index contributed by atoms with van der Waals surface area (Å²) in [6, 6.07) is 3.71. The molecule has 6 nitrogen and oxygen atoms in total. The van der Waals surface area contributed by atoms with Crippen LogP contribution in [0.15, 0.2) is 23.4 Å². The Morgan fingerprint density at radius 2 is 2.20 bits per heavy atom. The fourth-order valence-electron chi connectivity index (χ4n) is 2.28. The van der Waals surface area contributed by atoms with Crippen molar-refractivity contribution in [1.29, 1.82) is 0 Å². The van der Waals surface area contributed by atoms with E-state index in [-0.39, 0.29) is 11.1 Å². The van der Waals surface area contributed by atoms with E-state index in [0.29, 0.717) is 25.3 Å². The molecule has 2 heterocycles. The van der Waals surface area contributed by atoms with Gasteiger partial charge in [0.15, 0.2) is 5.03 Å². The van der Waals surface area contributed by atoms with Crippen molar-refractivity contribution in [1.82, 2.24) is 14.2 Å². The molecule has 0 aliphatic carbocycles. The van der Waals surface area contributed by atoms with Crippen molar-refractivity contribution >= 4 is 15.7 Å². The molecule has 0 spiro atoms. The molecule has 1 saturated heterocycles. The number of hydrogen-bond donors (Lipinski definition) is 1. The summed E-state index contributed by atoms with van der Waals surface area (Å²) in [6.07, 6.45) is 1.52. The second kappa shape index (κ2) is 6.07. The van der Waals surface area contributed by atoms with Gasteiger partial charge in [0.25, 0.3) is 10.0 Å². The Morgan fingerprint density at radius 1 is 1.45 bits per heavy atom. The van der Waals surface area contributed by atoms with E-state index in [9.17, 15) is 8.42 Å². The smallest absolute Gasteiger partial charge is 0.262 e. The summed E-state index contributed by atoms with van der Waals surface area (Å²) in [7, 11) is -1.52. The topological polar surface area (TPSA) is 65.5 Å². The fraction of sp³-hybridized carbons (Fsp3) is 0.615. The quantitative estimate of drug-likeness (QED) is 0.892. The lowest BCUT2D eigenvalue weighted by Crippen LogP contribution is -2.52. The number of rotatable bonds is 4. The fourth-order valence-corrected chi connectivity index (χ4v) is 3.87. The van der Waals surface area contributed by atoms with E-state index in [1.165, 1.54) is 10.5 Å². The number of nitrogens with one attached hydrogen (secondary N) is 1. The summed E-state index contributed by atoms with van der Waals surface area (Å²) in [5, 5.41) is 3.19. The van der Waals surface area contributed by atoms with Crippen LogP contribution in [-0.2, 0) is 10.0 Å². The molecule has 0 bridgehead atoms. The van der Waals surface area contributed by atoms with Gasteiger partial charge in [0, 0.05) is 38.4 Å². The predicted octanol–water partition coefficient (Wildman–Crippen LogP) is 0.838. The average Bonchev–Trinajstić information content (AvgIpc) is 2.42. The number of likely N-dealkylation sites (N-methyl/N-ethyl adjacent to an activating group) is 1. The molecule has 0 saturated carbocycles. The Bertz CT molecular complexity index is 561. The normalized spacial score (nSPS) is 21.9. The first-order valence-electron chi connectivity index (χ1n) is 6.86. The highest BCUT2D eigenvalue weighted by Gasteiger charge is 2.33. The molecule has 2 rings (SSSR count). The van der Waals surface area contributed by atoms with Crippen LogP contribution >= 0.6 is 0 Å². The number of aromatic nitrogens is 1. The van der Waals surface area contributed by atoms with Crippen molar-refractivity contribution in [2.24, 2.45) is 0 Å². The van der Waals surface area contributed by atoms with Gasteiger partial charge in [0.2, 0.25) is 0 Å². The van der Waals surface area contributed by atoms with Gasteiger partial charge in [0.1, 0.15) is 0 Å². The number of hydrogen-bond acceptors (Lipinski definition) is 5. The van der Waals surface area contributed by atoms with Gasteiger partial charge in [-0.1, -0.05) is 0 Å². The highest BCUT2D eigenvalue weighted by Crippen LogP contribution is 2.23. The minimum absolute atomic E-state index is 0.124. The van der Waals surface area contributed by atoms with E-state index in [1.54, 1.807) is 12.1 Å². The van der Waals surface area contributed by atoms with Gasteiger partial charge < -0.3 is 10.2 Å². The van der Waals surface area contributed by atoms with Gasteiger partial charge >= 0.3 is 0 Å². The maximum absolute atomic E-state index is 12.7. The lowest BCUT2D eigenvalue weighted by Gasteiger charge is -2.36. The highest BCUT2D eigenvalue weighted by molar-refractivity contribution is 7.89. The molecule has 1 unspecified atom stereocenters. The maximum Gasteiger partial charge on any atom is 0.262 e. The molecule has 1 aromatic rings. The summed E-state index contributed by atoms with van der Waals surface area (Å²) >= 11 is 0. The Morgan fingerprint density at radius 3 is 2.85 bits per heavy atom. The third-order valence-corrected chi connectivity index (χ3v) is 5.47. The average molecular weight is 298 g/mol. The van der Waals surface area contributed by atoms with Gasteiger partial charge in [-0.2, -0.15) is 4.31 Å². The van der Waals surface area contributed by atoms with Gasteiger partial charge in [0.05, 0.1) is 5.69 Å². The molecule has 7 heteroatoms. The first kappa shape index (κ1) is 15.2. The summed E-state index contributed by atoms with van der Waals surface area (Å²) in [5.41, 5.74) is 0.571. The molecule has 1 N–H and O–H groups in total. The second-order valence-electron chi connectivity index (χ2n) is 5.08. The summed E-state index contributed by atoms with van der Waals surface area (Å²) in [4.78, 5) is 6.24. The van der Waals surface area contributed by atoms with Crippen molar-refractivity contribution < 1.29 is 8.42 Å². The van der Waals surface area contributed by atoms with E-state index in [4.69, 9.17) is 0 Å². The number of sulfonamides is 1. The number of pyridine rings is 1. The molecule has 1 aromatic heterocycles. The van der Waals surface area contributed by atoms with Crippen LogP contribution in [-0.4, -0.2) is 61.9 Å². The van der Waals surface area contributed by atoms with Gasteiger partial charge in [-0.15, -0.1) is 0 Å². The van der Waals surface area contributed by atoms with E-state index in [0.717, 1.165) is 6.54 Å². The summed E-state index contributed by atoms with van der Waals surface area (Å²) < 4.78 is 27.0. The molecule has 0 amide bonds. The molecule has 20 heavy (non-hydrogen) atoms. The van der Waals surface area contributed by atoms with Crippen molar-refractivity contribution in [3.8, 4) is 0 Å². The summed E-state index contributed by atoms with van der Waals surface area (Å²) in [6.45, 7) is 6.37. The molecule has 112 valence electrons. The monoisotopic (exact) mass is 298 g/mol. The van der Waals surface area contributed by atoms with Crippen LogP contribution in [0.25, 0.3) is 0 Å². The summed E-state index contributed by atoms with van der Waals surface area (Å²) in [5.74, 6) is 0. The van der Waals surface area contributed by atoms with Crippen LogP contribution in [0.3, 0.4) is 0 Å². The van der Waals surface area contributed by atoms with Crippen LogP contribution < -0.4 is 5.32 Å². The SMILES string of the molecule is CCNc1cccnc1S(=O)(=O)N1CCN(C)C(C)C1. The lowest BCUT2D eigenvalue weighted by atomic mass is 10.2. The molecule has 0 radical (unpaired) electrons. The van der Waals surface area contributed by atoms with Crippen LogP contribution in [0.1, 0.15) is 13.8 Å². The molecular formula is C13H22N4O2S. The minimum Gasteiger partial charge on any atom is -0.383 e. The molecule has 1 atom stereocenters. The molecular weight excluding hydrogens is 276 g/mol. The van der Waals surface area contributed by atoms with Gasteiger partial charge in [-0.05, 0) is 33.0 Å². The second-order valence-corrected chi connectivity index (χ2v) is 6.93. The largest absolute Gasteiger partial charge is 0.383 e. The van der Waals surface area contributed by atoms with Crippen molar-refractivity contribution in [2.45, 2.75) is 24.9 Å². The minimum atomic E-state index is -3.54. The van der Waals surface area contributed by atoms with Crippen molar-refractivity contribution in [3.63, 3.8) is 0 Å². The third kappa shape index (κ3) is 2.94. The van der Waals surface area contributed by atoms with E-state index in [1.807, 2.05) is 20.9 Å². The van der Waals surface area contributed by atoms with Gasteiger partial charge in [-0.3, -0.25) is 0 Å². The third-order valence-electron chi connectivity index (χ3n) is 3.65. The zero-order valence-electron chi connectivity index (χ0n) is 12.2. The van der Waals surface area contributed by atoms with E-state index in [2.05, 4.69) is 15.2 Å². The Kier molecular flexibility index (Phi) is 4.62. The first-order chi connectivity index (χ1) is 9.46. The zero-order chi connectivity index (χ0) is 14.8. The highest BCUT2D eigenvalue weighted by atomic mass is 32.2. The van der Waals surface area contributed by atoms with Crippen LogP contribution in [0.4, 0.5) is 5.69 Å². The van der Waals surface area contributed by atoms with Gasteiger partial charge in [-0.25, -0.2) is 13.4 Å². The van der Waals surface area contributed by atoms with Crippen LogP contribution in [0.5, 0.6) is 0 Å². The first-order valence-corrected chi connectivity index (χ1v) is 8.30. The molecule has 1 fully saturated rings. The Labute approximate surface area is 120 Å². The van der Waals surface area contributed by atoms with E-state index < -0.39 is 10.0 Å². The van der Waals surface area contributed by atoms with Crippen LogP contribution in [0, 0.1) is 0 Å². The standard InChI is InChI=1S/C13H22N4O2S/c1-4-14-12-6-5-7-15-13(12)20(18,19)17-9-8-16(3)11(2)10-17/h5-7,11,14H,4,8-10H2,1-3H3. The number of nitrogens with zero attached hydrogens (tertiary/aromatic N) is 3. The predicted molar refractivity (Wildman–Crippen MR) is 79.3 cm³/mol. The molecule has 0 aromatic carbocycles.